The van der Waals surface area contributed by atoms with E-state index in [2.05, 4.69) is 0 Å². The Labute approximate surface area is 151 Å². The van der Waals surface area contributed by atoms with Gasteiger partial charge in [-0.3, -0.25) is 9.59 Å². The average Bonchev–Trinajstić information content (AvgIpc) is 2.73. The average molecular weight is 336 g/mol. The Hall–Kier alpha value is -3.52. The van der Waals surface area contributed by atoms with E-state index >= 15 is 0 Å². The van der Waals surface area contributed by atoms with Crippen LogP contribution in [0.2, 0.25) is 0 Å². The van der Waals surface area contributed by atoms with Gasteiger partial charge in [0.1, 0.15) is 0 Å². The minimum absolute atomic E-state index is 0.141. The quantitative estimate of drug-likeness (QED) is 0.362. The van der Waals surface area contributed by atoms with Gasteiger partial charge in [-0.2, -0.15) is 0 Å². The first-order valence-electron chi connectivity index (χ1n) is 8.45. The standard InChI is InChI=1S/C24H16O2/c25-16-23-20-12-5-4-10-18(20)14-15-22(23)24(26)21-13-7-6-11-19(21)17-8-2-1-3-9-17/h1-16H. The molecule has 26 heavy (non-hydrogen) atoms. The molecule has 4 aromatic rings. The molecule has 0 bridgehead atoms. The van der Waals surface area contributed by atoms with E-state index in [4.69, 9.17) is 0 Å². The Bertz CT molecular complexity index is 1110. The second kappa shape index (κ2) is 6.77. The van der Waals surface area contributed by atoms with Gasteiger partial charge in [-0.15, -0.1) is 0 Å². The fourth-order valence-electron chi connectivity index (χ4n) is 3.32. The minimum Gasteiger partial charge on any atom is -0.298 e. The maximum absolute atomic E-state index is 13.3. The van der Waals surface area contributed by atoms with Crippen LogP contribution < -0.4 is 0 Å². The molecule has 124 valence electrons. The number of carbonyl (C=O) groups excluding carboxylic acids is 2. The molecule has 0 fully saturated rings. The zero-order valence-corrected chi connectivity index (χ0v) is 14.1. The summed E-state index contributed by atoms with van der Waals surface area (Å²) in [5.74, 6) is -0.141. The summed E-state index contributed by atoms with van der Waals surface area (Å²) in [6, 6.07) is 28.6. The lowest BCUT2D eigenvalue weighted by Gasteiger charge is -2.12. The van der Waals surface area contributed by atoms with E-state index in [0.717, 1.165) is 28.2 Å². The number of carbonyl (C=O) groups is 2. The lowest BCUT2D eigenvalue weighted by Crippen LogP contribution is -2.07. The molecule has 0 aliphatic carbocycles. The Morgan fingerprint density at radius 1 is 0.654 bits per heavy atom. The van der Waals surface area contributed by atoms with Crippen LogP contribution in [0.15, 0.2) is 91.0 Å². The number of benzene rings is 4. The first kappa shape index (κ1) is 16.0. The van der Waals surface area contributed by atoms with Crippen LogP contribution in [0.5, 0.6) is 0 Å². The third kappa shape index (κ3) is 2.72. The first-order chi connectivity index (χ1) is 12.8. The molecule has 4 rings (SSSR count). The Morgan fingerprint density at radius 3 is 2.15 bits per heavy atom. The van der Waals surface area contributed by atoms with Crippen molar-refractivity contribution in [2.45, 2.75) is 0 Å². The van der Waals surface area contributed by atoms with E-state index in [0.29, 0.717) is 16.7 Å². The van der Waals surface area contributed by atoms with Crippen molar-refractivity contribution in [2.75, 3.05) is 0 Å². The van der Waals surface area contributed by atoms with E-state index in [1.165, 1.54) is 0 Å². The summed E-state index contributed by atoms with van der Waals surface area (Å²) in [5, 5.41) is 1.74. The van der Waals surface area contributed by atoms with Gasteiger partial charge < -0.3 is 0 Å². The van der Waals surface area contributed by atoms with Crippen molar-refractivity contribution in [2.24, 2.45) is 0 Å². The molecule has 0 saturated heterocycles. The van der Waals surface area contributed by atoms with Crippen LogP contribution in [0, 0.1) is 0 Å². The lowest BCUT2D eigenvalue weighted by atomic mass is 9.90. The van der Waals surface area contributed by atoms with Gasteiger partial charge in [-0.05, 0) is 28.0 Å². The Balaban J connectivity index is 1.90. The molecule has 2 nitrogen and oxygen atoms in total. The van der Waals surface area contributed by atoms with Gasteiger partial charge in [0.25, 0.3) is 0 Å². The number of ketones is 1. The molecule has 0 heterocycles. The molecule has 0 saturated carbocycles. The number of hydrogen-bond acceptors (Lipinski definition) is 2. The van der Waals surface area contributed by atoms with Gasteiger partial charge in [0.05, 0.1) is 0 Å². The van der Waals surface area contributed by atoms with E-state index in [-0.39, 0.29) is 5.78 Å². The SMILES string of the molecule is O=Cc1c(C(=O)c2ccccc2-c2ccccc2)ccc2ccccc12. The van der Waals surface area contributed by atoms with Crippen molar-refractivity contribution in [3.8, 4) is 11.1 Å². The number of rotatable bonds is 4. The van der Waals surface area contributed by atoms with Crippen molar-refractivity contribution in [3.63, 3.8) is 0 Å². The van der Waals surface area contributed by atoms with Gasteiger partial charge in [0.2, 0.25) is 0 Å². The maximum Gasteiger partial charge on any atom is 0.194 e. The molecule has 0 atom stereocenters. The fourth-order valence-corrected chi connectivity index (χ4v) is 3.32. The third-order valence-electron chi connectivity index (χ3n) is 4.59. The highest BCUT2D eigenvalue weighted by Crippen LogP contribution is 2.28. The highest BCUT2D eigenvalue weighted by Gasteiger charge is 2.18. The fraction of sp³-hybridized carbons (Fsp3) is 0. The van der Waals surface area contributed by atoms with Crippen molar-refractivity contribution < 1.29 is 9.59 Å². The van der Waals surface area contributed by atoms with Crippen LogP contribution in [-0.2, 0) is 0 Å². The minimum atomic E-state index is -0.141. The summed E-state index contributed by atoms with van der Waals surface area (Å²) in [6.07, 6.45) is 0.778. The summed E-state index contributed by atoms with van der Waals surface area (Å²) >= 11 is 0. The van der Waals surface area contributed by atoms with Crippen molar-refractivity contribution >= 4 is 22.8 Å². The molecule has 0 spiro atoms. The molecule has 0 N–H and O–H groups in total. The smallest absolute Gasteiger partial charge is 0.194 e. The van der Waals surface area contributed by atoms with Gasteiger partial charge in [0, 0.05) is 16.7 Å². The molecule has 0 aromatic heterocycles. The van der Waals surface area contributed by atoms with Crippen molar-refractivity contribution in [3.05, 3.63) is 108 Å². The monoisotopic (exact) mass is 336 g/mol. The highest BCUT2D eigenvalue weighted by molar-refractivity contribution is 6.19. The van der Waals surface area contributed by atoms with E-state index in [1.807, 2.05) is 84.9 Å². The summed E-state index contributed by atoms with van der Waals surface area (Å²) in [7, 11) is 0. The Kier molecular flexibility index (Phi) is 4.16. The van der Waals surface area contributed by atoms with Gasteiger partial charge in [-0.1, -0.05) is 84.9 Å². The van der Waals surface area contributed by atoms with Gasteiger partial charge in [-0.25, -0.2) is 0 Å². The predicted molar refractivity (Wildman–Crippen MR) is 105 cm³/mol. The van der Waals surface area contributed by atoms with Gasteiger partial charge in [0.15, 0.2) is 12.1 Å². The van der Waals surface area contributed by atoms with E-state index < -0.39 is 0 Å². The van der Waals surface area contributed by atoms with Crippen LogP contribution in [0.1, 0.15) is 26.3 Å². The molecule has 0 aliphatic heterocycles. The van der Waals surface area contributed by atoms with Crippen LogP contribution >= 0.6 is 0 Å². The zero-order valence-electron chi connectivity index (χ0n) is 14.1. The van der Waals surface area contributed by atoms with Crippen LogP contribution in [-0.4, -0.2) is 12.1 Å². The summed E-state index contributed by atoms with van der Waals surface area (Å²) < 4.78 is 0. The zero-order chi connectivity index (χ0) is 17.9. The molecule has 0 amide bonds. The van der Waals surface area contributed by atoms with E-state index in [9.17, 15) is 9.59 Å². The number of aldehydes is 1. The largest absolute Gasteiger partial charge is 0.298 e. The van der Waals surface area contributed by atoms with Crippen molar-refractivity contribution in [1.82, 2.24) is 0 Å². The summed E-state index contributed by atoms with van der Waals surface area (Å²) in [4.78, 5) is 25.1. The number of hydrogen-bond donors (Lipinski definition) is 0. The third-order valence-corrected chi connectivity index (χ3v) is 4.59. The first-order valence-corrected chi connectivity index (χ1v) is 8.45. The molecule has 0 radical (unpaired) electrons. The molecule has 0 unspecified atom stereocenters. The maximum atomic E-state index is 13.3. The highest BCUT2D eigenvalue weighted by atomic mass is 16.1. The number of fused-ring (bicyclic) bond motifs is 1. The van der Waals surface area contributed by atoms with E-state index in [1.54, 1.807) is 6.07 Å². The normalized spacial score (nSPS) is 10.6. The summed E-state index contributed by atoms with van der Waals surface area (Å²) in [5.41, 5.74) is 3.31. The molecule has 4 aromatic carbocycles. The van der Waals surface area contributed by atoms with Crippen LogP contribution in [0.4, 0.5) is 0 Å². The second-order valence-electron chi connectivity index (χ2n) is 6.11. The van der Waals surface area contributed by atoms with Crippen LogP contribution in [0.3, 0.4) is 0 Å². The predicted octanol–water partition coefficient (Wildman–Crippen LogP) is 5.55. The van der Waals surface area contributed by atoms with Crippen molar-refractivity contribution in [1.29, 1.82) is 0 Å². The van der Waals surface area contributed by atoms with Crippen LogP contribution in [0.25, 0.3) is 21.9 Å². The Morgan fingerprint density at radius 2 is 1.35 bits per heavy atom. The molecular formula is C24H16O2. The molecular weight excluding hydrogens is 320 g/mol. The summed E-state index contributed by atoms with van der Waals surface area (Å²) in [6.45, 7) is 0. The van der Waals surface area contributed by atoms with Gasteiger partial charge >= 0.3 is 0 Å². The molecule has 2 heteroatoms. The molecule has 0 aliphatic rings. The second-order valence-corrected chi connectivity index (χ2v) is 6.11. The lowest BCUT2D eigenvalue weighted by molar-refractivity contribution is 0.103. The topological polar surface area (TPSA) is 34.1 Å².